The lowest BCUT2D eigenvalue weighted by Gasteiger charge is -2.12. The third-order valence-electron chi connectivity index (χ3n) is 3.01. The van der Waals surface area contributed by atoms with Crippen LogP contribution >= 0.6 is 11.6 Å². The van der Waals surface area contributed by atoms with Gasteiger partial charge in [-0.25, -0.2) is 4.79 Å². The molecule has 1 aromatic carbocycles. The highest BCUT2D eigenvalue weighted by Crippen LogP contribution is 2.19. The van der Waals surface area contributed by atoms with Gasteiger partial charge in [-0.3, -0.25) is 0 Å². The normalized spacial score (nSPS) is 18.7. The Morgan fingerprint density at radius 3 is 3.06 bits per heavy atom. The fourth-order valence-corrected chi connectivity index (χ4v) is 2.14. The standard InChI is InChI=1S/C13H17ClN2O2/c1-9-6-11(14)2-3-12(9)16-13(17)15-7-10-4-5-18-8-10/h2-3,6,10H,4-5,7-8H2,1H3,(H2,15,16,17)/t10-/m1/s1. The number of urea groups is 1. The van der Waals surface area contributed by atoms with Gasteiger partial charge in [0.15, 0.2) is 0 Å². The molecule has 0 aliphatic carbocycles. The summed E-state index contributed by atoms with van der Waals surface area (Å²) in [6.07, 6.45) is 1.01. The third-order valence-corrected chi connectivity index (χ3v) is 3.25. The summed E-state index contributed by atoms with van der Waals surface area (Å²) in [6.45, 7) is 4.09. The molecule has 0 saturated carbocycles. The van der Waals surface area contributed by atoms with E-state index in [1.807, 2.05) is 13.0 Å². The molecule has 2 amide bonds. The molecule has 0 spiro atoms. The van der Waals surface area contributed by atoms with Crippen LogP contribution in [0.1, 0.15) is 12.0 Å². The highest BCUT2D eigenvalue weighted by Gasteiger charge is 2.16. The first-order valence-electron chi connectivity index (χ1n) is 6.04. The van der Waals surface area contributed by atoms with Crippen LogP contribution in [0.4, 0.5) is 10.5 Å². The van der Waals surface area contributed by atoms with Crippen molar-refractivity contribution in [3.05, 3.63) is 28.8 Å². The minimum absolute atomic E-state index is 0.188. The summed E-state index contributed by atoms with van der Waals surface area (Å²) in [5, 5.41) is 6.33. The first kappa shape index (κ1) is 13.2. The van der Waals surface area contributed by atoms with Gasteiger partial charge in [-0.1, -0.05) is 11.6 Å². The SMILES string of the molecule is Cc1cc(Cl)ccc1NC(=O)NC[C@H]1CCOC1. The van der Waals surface area contributed by atoms with Crippen molar-refractivity contribution in [2.24, 2.45) is 5.92 Å². The van der Waals surface area contributed by atoms with Crippen LogP contribution in [0, 0.1) is 12.8 Å². The van der Waals surface area contributed by atoms with Crippen LogP contribution in [0.3, 0.4) is 0 Å². The molecule has 0 unspecified atom stereocenters. The molecule has 1 fully saturated rings. The van der Waals surface area contributed by atoms with Crippen LogP contribution in [-0.2, 0) is 4.74 Å². The summed E-state index contributed by atoms with van der Waals surface area (Å²) in [6, 6.07) is 5.19. The van der Waals surface area contributed by atoms with Gasteiger partial charge in [0.2, 0.25) is 0 Å². The van der Waals surface area contributed by atoms with E-state index in [0.717, 1.165) is 30.9 Å². The number of hydrogen-bond acceptors (Lipinski definition) is 2. The summed E-state index contributed by atoms with van der Waals surface area (Å²) in [5.74, 6) is 0.432. The molecule has 4 nitrogen and oxygen atoms in total. The number of ether oxygens (including phenoxy) is 1. The number of hydrogen-bond donors (Lipinski definition) is 2. The number of carbonyl (C=O) groups is 1. The monoisotopic (exact) mass is 268 g/mol. The zero-order valence-electron chi connectivity index (χ0n) is 10.3. The Balaban J connectivity index is 1.82. The van der Waals surface area contributed by atoms with Crippen molar-refractivity contribution < 1.29 is 9.53 Å². The van der Waals surface area contributed by atoms with Crippen molar-refractivity contribution in [2.45, 2.75) is 13.3 Å². The molecule has 98 valence electrons. The Kier molecular flexibility index (Phi) is 4.44. The van der Waals surface area contributed by atoms with Crippen molar-refractivity contribution in [2.75, 3.05) is 25.1 Å². The average Bonchev–Trinajstić information content (AvgIpc) is 2.83. The lowest BCUT2D eigenvalue weighted by molar-refractivity contribution is 0.185. The van der Waals surface area contributed by atoms with Crippen LogP contribution in [0.25, 0.3) is 0 Å². The molecule has 1 aliphatic rings. The van der Waals surface area contributed by atoms with Crippen LogP contribution < -0.4 is 10.6 Å². The predicted octanol–water partition coefficient (Wildman–Crippen LogP) is 2.81. The Bertz CT molecular complexity index is 431. The van der Waals surface area contributed by atoms with Gasteiger partial charge in [-0.2, -0.15) is 0 Å². The first-order chi connectivity index (χ1) is 8.65. The highest BCUT2D eigenvalue weighted by molar-refractivity contribution is 6.30. The van der Waals surface area contributed by atoms with E-state index in [-0.39, 0.29) is 6.03 Å². The molecule has 1 saturated heterocycles. The van der Waals surface area contributed by atoms with Gasteiger partial charge in [0, 0.05) is 29.8 Å². The molecule has 1 aromatic rings. The van der Waals surface area contributed by atoms with Crippen LogP contribution in [-0.4, -0.2) is 25.8 Å². The van der Waals surface area contributed by atoms with Crippen molar-refractivity contribution in [1.82, 2.24) is 5.32 Å². The molecule has 0 bridgehead atoms. The number of benzene rings is 1. The van der Waals surface area contributed by atoms with Crippen molar-refractivity contribution in [1.29, 1.82) is 0 Å². The van der Waals surface area contributed by atoms with Crippen molar-refractivity contribution in [3.8, 4) is 0 Å². The maximum absolute atomic E-state index is 11.7. The van der Waals surface area contributed by atoms with E-state index in [4.69, 9.17) is 16.3 Å². The minimum Gasteiger partial charge on any atom is -0.381 e. The topological polar surface area (TPSA) is 50.4 Å². The van der Waals surface area contributed by atoms with E-state index in [1.54, 1.807) is 12.1 Å². The summed E-state index contributed by atoms with van der Waals surface area (Å²) >= 11 is 5.86. The number of anilines is 1. The Morgan fingerprint density at radius 2 is 2.39 bits per heavy atom. The van der Waals surface area contributed by atoms with Crippen molar-refractivity contribution >= 4 is 23.3 Å². The van der Waals surface area contributed by atoms with E-state index in [0.29, 0.717) is 17.5 Å². The largest absolute Gasteiger partial charge is 0.381 e. The Labute approximate surface area is 112 Å². The number of halogens is 1. The molecule has 0 aromatic heterocycles. The number of rotatable bonds is 3. The molecular formula is C13H17ClN2O2. The van der Waals surface area contributed by atoms with Gasteiger partial charge in [0.05, 0.1) is 6.61 Å². The highest BCUT2D eigenvalue weighted by atomic mass is 35.5. The first-order valence-corrected chi connectivity index (χ1v) is 6.41. The molecule has 2 rings (SSSR count). The lowest BCUT2D eigenvalue weighted by atomic mass is 10.1. The second-order valence-corrected chi connectivity index (χ2v) is 4.96. The maximum atomic E-state index is 11.7. The number of carbonyl (C=O) groups excluding carboxylic acids is 1. The van der Waals surface area contributed by atoms with E-state index in [9.17, 15) is 4.79 Å². The summed E-state index contributed by atoms with van der Waals surface area (Å²) < 4.78 is 5.25. The molecule has 1 atom stereocenters. The van der Waals surface area contributed by atoms with E-state index in [1.165, 1.54) is 0 Å². The van der Waals surface area contributed by atoms with Gasteiger partial charge in [0.25, 0.3) is 0 Å². The smallest absolute Gasteiger partial charge is 0.319 e. The fraction of sp³-hybridized carbons (Fsp3) is 0.462. The summed E-state index contributed by atoms with van der Waals surface area (Å²) in [4.78, 5) is 11.7. The van der Waals surface area contributed by atoms with Gasteiger partial charge in [-0.05, 0) is 37.1 Å². The third kappa shape index (κ3) is 3.62. The summed E-state index contributed by atoms with van der Waals surface area (Å²) in [7, 11) is 0. The molecule has 18 heavy (non-hydrogen) atoms. The minimum atomic E-state index is -0.188. The zero-order chi connectivity index (χ0) is 13.0. The van der Waals surface area contributed by atoms with Gasteiger partial charge in [0.1, 0.15) is 0 Å². The quantitative estimate of drug-likeness (QED) is 0.886. The van der Waals surface area contributed by atoms with Crippen LogP contribution in [0.15, 0.2) is 18.2 Å². The number of amides is 2. The second-order valence-electron chi connectivity index (χ2n) is 4.52. The lowest BCUT2D eigenvalue weighted by Crippen LogP contribution is -2.33. The van der Waals surface area contributed by atoms with Crippen LogP contribution in [0.2, 0.25) is 5.02 Å². The number of aryl methyl sites for hydroxylation is 1. The maximum Gasteiger partial charge on any atom is 0.319 e. The van der Waals surface area contributed by atoms with E-state index in [2.05, 4.69) is 10.6 Å². The molecule has 2 N–H and O–H groups in total. The molecule has 1 aliphatic heterocycles. The van der Waals surface area contributed by atoms with E-state index < -0.39 is 0 Å². The summed E-state index contributed by atoms with van der Waals surface area (Å²) in [5.41, 5.74) is 1.72. The molecule has 1 heterocycles. The van der Waals surface area contributed by atoms with Crippen molar-refractivity contribution in [3.63, 3.8) is 0 Å². The van der Waals surface area contributed by atoms with Gasteiger partial charge >= 0.3 is 6.03 Å². The Hall–Kier alpha value is -1.26. The van der Waals surface area contributed by atoms with Crippen LogP contribution in [0.5, 0.6) is 0 Å². The molecular weight excluding hydrogens is 252 g/mol. The molecule has 5 heteroatoms. The predicted molar refractivity (Wildman–Crippen MR) is 72.1 cm³/mol. The zero-order valence-corrected chi connectivity index (χ0v) is 11.1. The van der Waals surface area contributed by atoms with Gasteiger partial charge < -0.3 is 15.4 Å². The second kappa shape index (κ2) is 6.07. The molecule has 0 radical (unpaired) electrons. The van der Waals surface area contributed by atoms with E-state index >= 15 is 0 Å². The Morgan fingerprint density at radius 1 is 1.56 bits per heavy atom. The fourth-order valence-electron chi connectivity index (χ4n) is 1.92. The van der Waals surface area contributed by atoms with Gasteiger partial charge in [-0.15, -0.1) is 0 Å². The number of nitrogens with one attached hydrogen (secondary N) is 2. The average molecular weight is 269 g/mol.